The van der Waals surface area contributed by atoms with Gasteiger partial charge >= 0.3 is 5.97 Å². The molecule has 2 aromatic rings. The summed E-state index contributed by atoms with van der Waals surface area (Å²) in [6.07, 6.45) is 1.35. The van der Waals surface area contributed by atoms with E-state index in [1.165, 1.54) is 6.20 Å². The molecule has 88 valence electrons. The first kappa shape index (κ1) is 11.7. The van der Waals surface area contributed by atoms with Crippen molar-refractivity contribution >= 4 is 17.6 Å². The van der Waals surface area contributed by atoms with Gasteiger partial charge in [-0.05, 0) is 37.6 Å². The van der Waals surface area contributed by atoms with Gasteiger partial charge in [0.25, 0.3) is 0 Å². The van der Waals surface area contributed by atoms with Crippen molar-refractivity contribution < 1.29 is 9.90 Å². The van der Waals surface area contributed by atoms with Crippen LogP contribution in [-0.4, -0.2) is 20.9 Å². The average molecular weight is 251 g/mol. The number of hydrogen-bond donors (Lipinski definition) is 1. The molecule has 1 aromatic heterocycles. The van der Waals surface area contributed by atoms with Gasteiger partial charge in [-0.15, -0.1) is 0 Å². The Balaban J connectivity index is 2.57. The number of benzene rings is 1. The molecule has 0 aliphatic rings. The first-order chi connectivity index (χ1) is 8.00. The second kappa shape index (κ2) is 4.22. The topological polar surface area (TPSA) is 55.1 Å². The van der Waals surface area contributed by atoms with Gasteiger partial charge in [0, 0.05) is 5.02 Å². The molecule has 0 fully saturated rings. The SMILES string of the molecule is Cc1cc(Cl)ccc1-n1ncc(C(=O)O)c1C. The molecule has 0 spiro atoms. The van der Waals surface area contributed by atoms with Crippen molar-refractivity contribution in [2.45, 2.75) is 13.8 Å². The highest BCUT2D eigenvalue weighted by Gasteiger charge is 2.14. The Bertz CT molecular complexity index is 590. The molecule has 17 heavy (non-hydrogen) atoms. The third-order valence-electron chi connectivity index (χ3n) is 2.63. The second-order valence-electron chi connectivity index (χ2n) is 3.79. The molecule has 1 N–H and O–H groups in total. The summed E-state index contributed by atoms with van der Waals surface area (Å²) >= 11 is 5.88. The van der Waals surface area contributed by atoms with E-state index >= 15 is 0 Å². The number of aromatic nitrogens is 2. The number of carboxylic acids is 1. The fourth-order valence-electron chi connectivity index (χ4n) is 1.72. The Morgan fingerprint density at radius 3 is 2.65 bits per heavy atom. The molecule has 5 heteroatoms. The summed E-state index contributed by atoms with van der Waals surface area (Å²) in [5.41, 5.74) is 2.59. The molecule has 0 amide bonds. The van der Waals surface area contributed by atoms with Crippen LogP contribution >= 0.6 is 11.6 Å². The maximum Gasteiger partial charge on any atom is 0.339 e. The number of halogens is 1. The van der Waals surface area contributed by atoms with E-state index in [-0.39, 0.29) is 5.56 Å². The highest BCUT2D eigenvalue weighted by molar-refractivity contribution is 6.30. The molecular formula is C12H11ClN2O2. The Hall–Kier alpha value is -1.81. The van der Waals surface area contributed by atoms with Crippen LogP contribution in [0.4, 0.5) is 0 Å². The number of aryl methyl sites for hydroxylation is 1. The van der Waals surface area contributed by atoms with E-state index < -0.39 is 5.97 Å². The van der Waals surface area contributed by atoms with Crippen molar-refractivity contribution in [3.63, 3.8) is 0 Å². The zero-order valence-electron chi connectivity index (χ0n) is 9.44. The maximum atomic E-state index is 10.9. The number of aromatic carboxylic acids is 1. The molecule has 0 aliphatic carbocycles. The first-order valence-corrected chi connectivity index (χ1v) is 5.43. The number of hydrogen-bond acceptors (Lipinski definition) is 2. The van der Waals surface area contributed by atoms with E-state index in [0.717, 1.165) is 11.3 Å². The van der Waals surface area contributed by atoms with Crippen molar-refractivity contribution in [2.75, 3.05) is 0 Å². The molecule has 0 saturated carbocycles. The third-order valence-corrected chi connectivity index (χ3v) is 2.86. The van der Waals surface area contributed by atoms with Gasteiger partial charge in [0.05, 0.1) is 17.6 Å². The van der Waals surface area contributed by atoms with Crippen molar-refractivity contribution in [3.8, 4) is 5.69 Å². The molecule has 0 saturated heterocycles. The van der Waals surface area contributed by atoms with Crippen LogP contribution in [0.3, 0.4) is 0 Å². The molecule has 2 rings (SSSR count). The summed E-state index contributed by atoms with van der Waals surface area (Å²) in [7, 11) is 0. The van der Waals surface area contributed by atoms with Crippen LogP contribution in [0.2, 0.25) is 5.02 Å². The summed E-state index contributed by atoms with van der Waals surface area (Å²) < 4.78 is 1.61. The maximum absolute atomic E-state index is 10.9. The van der Waals surface area contributed by atoms with Crippen molar-refractivity contribution in [1.82, 2.24) is 9.78 Å². The van der Waals surface area contributed by atoms with Crippen LogP contribution < -0.4 is 0 Å². The first-order valence-electron chi connectivity index (χ1n) is 5.05. The molecule has 0 radical (unpaired) electrons. The van der Waals surface area contributed by atoms with Crippen LogP contribution in [0, 0.1) is 13.8 Å². The van der Waals surface area contributed by atoms with Gasteiger partial charge in [-0.1, -0.05) is 11.6 Å². The molecule has 0 unspecified atom stereocenters. The smallest absolute Gasteiger partial charge is 0.339 e. The minimum absolute atomic E-state index is 0.208. The zero-order chi connectivity index (χ0) is 12.6. The molecular weight excluding hydrogens is 240 g/mol. The summed E-state index contributed by atoms with van der Waals surface area (Å²) in [6, 6.07) is 5.40. The normalized spacial score (nSPS) is 10.5. The van der Waals surface area contributed by atoms with E-state index in [9.17, 15) is 4.79 Å². The highest BCUT2D eigenvalue weighted by atomic mass is 35.5. The van der Waals surface area contributed by atoms with Gasteiger partial charge in [-0.3, -0.25) is 0 Å². The lowest BCUT2D eigenvalue weighted by molar-refractivity contribution is 0.0696. The minimum atomic E-state index is -0.972. The predicted octanol–water partition coefficient (Wildman–Crippen LogP) is 2.84. The van der Waals surface area contributed by atoms with E-state index in [1.807, 2.05) is 19.1 Å². The molecule has 1 aromatic carbocycles. The van der Waals surface area contributed by atoms with E-state index in [2.05, 4.69) is 5.10 Å². The van der Waals surface area contributed by atoms with Gasteiger partial charge < -0.3 is 5.11 Å². The third kappa shape index (κ3) is 2.03. The Morgan fingerprint density at radius 2 is 2.12 bits per heavy atom. The van der Waals surface area contributed by atoms with Crippen molar-refractivity contribution in [1.29, 1.82) is 0 Å². The van der Waals surface area contributed by atoms with Crippen LogP contribution in [-0.2, 0) is 0 Å². The lowest BCUT2D eigenvalue weighted by atomic mass is 10.2. The van der Waals surface area contributed by atoms with E-state index in [4.69, 9.17) is 16.7 Å². The van der Waals surface area contributed by atoms with Crippen LogP contribution in [0.25, 0.3) is 5.69 Å². The van der Waals surface area contributed by atoms with Crippen LogP contribution in [0.1, 0.15) is 21.6 Å². The lowest BCUT2D eigenvalue weighted by Gasteiger charge is -2.08. The van der Waals surface area contributed by atoms with E-state index in [0.29, 0.717) is 10.7 Å². The molecule has 1 heterocycles. The molecule has 4 nitrogen and oxygen atoms in total. The summed E-state index contributed by atoms with van der Waals surface area (Å²) in [6.45, 7) is 3.63. The monoisotopic (exact) mass is 250 g/mol. The number of carboxylic acid groups (broad SMARTS) is 1. The Labute approximate surface area is 103 Å². The van der Waals surface area contributed by atoms with Crippen molar-refractivity contribution in [2.24, 2.45) is 0 Å². The molecule has 0 bridgehead atoms. The standard InChI is InChI=1S/C12H11ClN2O2/c1-7-5-9(13)3-4-11(7)15-8(2)10(6-14-15)12(16)17/h3-6H,1-2H3,(H,16,17). The van der Waals surface area contributed by atoms with Gasteiger partial charge in [-0.25, -0.2) is 9.48 Å². The van der Waals surface area contributed by atoms with Gasteiger partial charge in [0.2, 0.25) is 0 Å². The van der Waals surface area contributed by atoms with Crippen molar-refractivity contribution in [3.05, 3.63) is 46.2 Å². The summed E-state index contributed by atoms with van der Waals surface area (Å²) in [5.74, 6) is -0.972. The predicted molar refractivity (Wildman–Crippen MR) is 65.0 cm³/mol. The summed E-state index contributed by atoms with van der Waals surface area (Å²) in [5, 5.41) is 13.7. The van der Waals surface area contributed by atoms with Crippen LogP contribution in [0.15, 0.2) is 24.4 Å². The van der Waals surface area contributed by atoms with Gasteiger partial charge in [0.1, 0.15) is 5.56 Å². The number of carbonyl (C=O) groups is 1. The Kier molecular flexibility index (Phi) is 2.90. The largest absolute Gasteiger partial charge is 0.478 e. The molecule has 0 atom stereocenters. The van der Waals surface area contributed by atoms with Gasteiger partial charge in [0.15, 0.2) is 0 Å². The second-order valence-corrected chi connectivity index (χ2v) is 4.23. The van der Waals surface area contributed by atoms with E-state index in [1.54, 1.807) is 17.7 Å². The zero-order valence-corrected chi connectivity index (χ0v) is 10.2. The summed E-state index contributed by atoms with van der Waals surface area (Å²) in [4.78, 5) is 10.9. The minimum Gasteiger partial charge on any atom is -0.478 e. The fourth-order valence-corrected chi connectivity index (χ4v) is 1.95. The molecule has 0 aliphatic heterocycles. The average Bonchev–Trinajstić information content (AvgIpc) is 2.60. The Morgan fingerprint density at radius 1 is 1.41 bits per heavy atom. The number of rotatable bonds is 2. The quantitative estimate of drug-likeness (QED) is 0.892. The highest BCUT2D eigenvalue weighted by Crippen LogP contribution is 2.21. The number of nitrogens with zero attached hydrogens (tertiary/aromatic N) is 2. The van der Waals surface area contributed by atoms with Gasteiger partial charge in [-0.2, -0.15) is 5.10 Å². The van der Waals surface area contributed by atoms with Crippen LogP contribution in [0.5, 0.6) is 0 Å². The fraction of sp³-hybridized carbons (Fsp3) is 0.167. The lowest BCUT2D eigenvalue weighted by Crippen LogP contribution is -2.03.